The molecular weight excluding hydrogens is 328 g/mol. The van der Waals surface area contributed by atoms with Crippen LogP contribution in [0, 0.1) is 18.6 Å². The van der Waals surface area contributed by atoms with Crippen LogP contribution in [0.2, 0.25) is 0 Å². The van der Waals surface area contributed by atoms with Gasteiger partial charge >= 0.3 is 0 Å². The van der Waals surface area contributed by atoms with Gasteiger partial charge in [-0.25, -0.2) is 13.8 Å². The van der Waals surface area contributed by atoms with Crippen LogP contribution in [-0.4, -0.2) is 47.0 Å². The van der Waals surface area contributed by atoms with E-state index in [-0.39, 0.29) is 11.6 Å². The first kappa shape index (κ1) is 17.1. The maximum Gasteiger partial charge on any atom is 0.227 e. The Balaban J connectivity index is 1.78. The largest absolute Gasteiger partial charge is 0.339 e. The minimum Gasteiger partial charge on any atom is -0.339 e. The van der Waals surface area contributed by atoms with Crippen molar-refractivity contribution in [3.63, 3.8) is 0 Å². The summed E-state index contributed by atoms with van der Waals surface area (Å²) in [5.41, 5.74) is 0.871. The number of hydrogen-bond acceptors (Lipinski definition) is 5. The number of nitrogens with one attached hydrogen (secondary N) is 1. The lowest BCUT2D eigenvalue weighted by Crippen LogP contribution is -2.48. The second-order valence-corrected chi connectivity index (χ2v) is 5.94. The minimum atomic E-state index is -0.687. The van der Waals surface area contributed by atoms with Crippen molar-refractivity contribution in [2.45, 2.75) is 13.8 Å². The minimum absolute atomic E-state index is 0.0546. The van der Waals surface area contributed by atoms with Gasteiger partial charge in [0, 0.05) is 50.9 Å². The molecule has 0 atom stereocenters. The van der Waals surface area contributed by atoms with Crippen molar-refractivity contribution in [1.82, 2.24) is 14.9 Å². The zero-order valence-electron chi connectivity index (χ0n) is 14.1. The summed E-state index contributed by atoms with van der Waals surface area (Å²) >= 11 is 0. The molecule has 0 unspecified atom stereocenters. The Hall–Kier alpha value is -2.77. The van der Waals surface area contributed by atoms with Gasteiger partial charge in [-0.1, -0.05) is 0 Å². The number of piperazine rings is 1. The highest BCUT2D eigenvalue weighted by Gasteiger charge is 2.21. The van der Waals surface area contributed by atoms with E-state index in [2.05, 4.69) is 15.3 Å². The third-order valence-corrected chi connectivity index (χ3v) is 4.04. The molecule has 6 nitrogen and oxygen atoms in total. The molecule has 0 spiro atoms. The summed E-state index contributed by atoms with van der Waals surface area (Å²) in [5.74, 6) is -0.312. The Morgan fingerprint density at radius 1 is 1.12 bits per heavy atom. The Morgan fingerprint density at radius 3 is 2.48 bits per heavy atom. The first-order valence-electron chi connectivity index (χ1n) is 8.00. The molecule has 8 heteroatoms. The van der Waals surface area contributed by atoms with Gasteiger partial charge in [-0.2, -0.15) is 4.98 Å². The summed E-state index contributed by atoms with van der Waals surface area (Å²) in [6.07, 6.45) is 0. The van der Waals surface area contributed by atoms with E-state index in [1.54, 1.807) is 17.9 Å². The van der Waals surface area contributed by atoms with E-state index in [4.69, 9.17) is 0 Å². The van der Waals surface area contributed by atoms with Gasteiger partial charge in [0.1, 0.15) is 17.5 Å². The summed E-state index contributed by atoms with van der Waals surface area (Å²) in [6.45, 7) is 5.87. The standard InChI is InChI=1S/C17H19F2N5O/c1-11-9-16(21-15-4-3-13(18)10-14(15)19)22-17(20-11)24-7-5-23(6-8-24)12(2)25/h3-4,9-10H,5-8H2,1-2H3,(H,20,21,22). The lowest BCUT2D eigenvalue weighted by atomic mass is 10.3. The number of rotatable bonds is 3. The molecular formula is C17H19F2N5O. The summed E-state index contributed by atoms with van der Waals surface area (Å²) in [7, 11) is 0. The highest BCUT2D eigenvalue weighted by molar-refractivity contribution is 5.73. The SMILES string of the molecule is CC(=O)N1CCN(c2nc(C)cc(Nc3ccc(F)cc3F)n2)CC1. The summed E-state index contributed by atoms with van der Waals surface area (Å²) in [6, 6.07) is 5.02. The quantitative estimate of drug-likeness (QED) is 0.924. The van der Waals surface area contributed by atoms with E-state index in [9.17, 15) is 13.6 Å². The van der Waals surface area contributed by atoms with Gasteiger partial charge in [-0.3, -0.25) is 4.79 Å². The molecule has 0 aliphatic carbocycles. The maximum absolute atomic E-state index is 13.8. The molecule has 0 saturated carbocycles. The van der Waals surface area contributed by atoms with Gasteiger partial charge in [-0.05, 0) is 19.1 Å². The van der Waals surface area contributed by atoms with Gasteiger partial charge < -0.3 is 15.1 Å². The molecule has 0 bridgehead atoms. The zero-order chi connectivity index (χ0) is 18.0. The fourth-order valence-electron chi connectivity index (χ4n) is 2.71. The fraction of sp³-hybridized carbons (Fsp3) is 0.353. The van der Waals surface area contributed by atoms with Crippen molar-refractivity contribution in [1.29, 1.82) is 0 Å². The topological polar surface area (TPSA) is 61.4 Å². The molecule has 1 amide bonds. The average Bonchev–Trinajstić information content (AvgIpc) is 2.57. The number of carbonyl (C=O) groups is 1. The second-order valence-electron chi connectivity index (χ2n) is 5.94. The molecule has 1 N–H and O–H groups in total. The van der Waals surface area contributed by atoms with Gasteiger partial charge in [0.2, 0.25) is 11.9 Å². The number of nitrogens with zero attached hydrogens (tertiary/aromatic N) is 4. The third-order valence-electron chi connectivity index (χ3n) is 4.04. The molecule has 3 rings (SSSR count). The van der Waals surface area contributed by atoms with Crippen LogP contribution in [0.25, 0.3) is 0 Å². The molecule has 1 aliphatic rings. The summed E-state index contributed by atoms with van der Waals surface area (Å²) in [4.78, 5) is 24.0. The van der Waals surface area contributed by atoms with Gasteiger partial charge in [0.05, 0.1) is 5.69 Å². The van der Waals surface area contributed by atoms with Crippen LogP contribution >= 0.6 is 0 Å². The van der Waals surface area contributed by atoms with Gasteiger partial charge in [0.15, 0.2) is 0 Å². The number of aryl methyl sites for hydroxylation is 1. The zero-order valence-corrected chi connectivity index (χ0v) is 14.1. The molecule has 1 aliphatic heterocycles. The van der Waals surface area contributed by atoms with Gasteiger partial charge in [0.25, 0.3) is 0 Å². The van der Waals surface area contributed by atoms with E-state index >= 15 is 0 Å². The smallest absolute Gasteiger partial charge is 0.227 e. The molecule has 1 fully saturated rings. The summed E-state index contributed by atoms with van der Waals surface area (Å²) in [5, 5.41) is 2.86. The predicted octanol–water partition coefficient (Wildman–Crippen LogP) is 2.48. The van der Waals surface area contributed by atoms with Crippen molar-refractivity contribution >= 4 is 23.4 Å². The number of halogens is 2. The normalized spacial score (nSPS) is 14.6. The Bertz CT molecular complexity index is 791. The Morgan fingerprint density at radius 2 is 1.84 bits per heavy atom. The number of hydrogen-bond donors (Lipinski definition) is 1. The molecule has 132 valence electrons. The van der Waals surface area contributed by atoms with E-state index in [1.165, 1.54) is 12.1 Å². The molecule has 1 aromatic heterocycles. The van der Waals surface area contributed by atoms with Crippen molar-refractivity contribution in [2.75, 3.05) is 36.4 Å². The van der Waals surface area contributed by atoms with Gasteiger partial charge in [-0.15, -0.1) is 0 Å². The average molecular weight is 347 g/mol. The first-order valence-corrected chi connectivity index (χ1v) is 8.00. The molecule has 0 radical (unpaired) electrons. The van der Waals surface area contributed by atoms with Crippen LogP contribution in [-0.2, 0) is 4.79 Å². The van der Waals surface area contributed by atoms with Crippen LogP contribution in [0.15, 0.2) is 24.3 Å². The Labute approximate surface area is 144 Å². The highest BCUT2D eigenvalue weighted by atomic mass is 19.1. The first-order chi connectivity index (χ1) is 11.9. The number of aromatic nitrogens is 2. The van der Waals surface area contributed by atoms with Crippen LogP contribution in [0.5, 0.6) is 0 Å². The lowest BCUT2D eigenvalue weighted by Gasteiger charge is -2.34. The van der Waals surface area contributed by atoms with Crippen LogP contribution < -0.4 is 10.2 Å². The number of carbonyl (C=O) groups excluding carboxylic acids is 1. The number of amides is 1. The lowest BCUT2D eigenvalue weighted by molar-refractivity contribution is -0.129. The van der Waals surface area contributed by atoms with Crippen molar-refractivity contribution < 1.29 is 13.6 Å². The summed E-state index contributed by atoms with van der Waals surface area (Å²) < 4.78 is 26.8. The molecule has 25 heavy (non-hydrogen) atoms. The van der Waals surface area contributed by atoms with E-state index < -0.39 is 11.6 Å². The van der Waals surface area contributed by atoms with Crippen molar-refractivity contribution in [3.8, 4) is 0 Å². The number of benzene rings is 1. The molecule has 1 aromatic carbocycles. The number of anilines is 3. The van der Waals surface area contributed by atoms with E-state index in [1.807, 2.05) is 11.8 Å². The molecule has 2 heterocycles. The highest BCUT2D eigenvalue weighted by Crippen LogP contribution is 2.22. The maximum atomic E-state index is 13.8. The van der Waals surface area contributed by atoms with Crippen LogP contribution in [0.4, 0.5) is 26.2 Å². The van der Waals surface area contributed by atoms with E-state index in [0.717, 1.165) is 11.8 Å². The second kappa shape index (κ2) is 7.00. The third kappa shape index (κ3) is 4.01. The monoisotopic (exact) mass is 347 g/mol. The van der Waals surface area contributed by atoms with E-state index in [0.29, 0.717) is 37.9 Å². The van der Waals surface area contributed by atoms with Crippen LogP contribution in [0.1, 0.15) is 12.6 Å². The molecule has 2 aromatic rings. The van der Waals surface area contributed by atoms with Crippen molar-refractivity contribution in [3.05, 3.63) is 41.6 Å². The predicted molar refractivity (Wildman–Crippen MR) is 90.9 cm³/mol. The van der Waals surface area contributed by atoms with Crippen molar-refractivity contribution in [2.24, 2.45) is 0 Å². The fourth-order valence-corrected chi connectivity index (χ4v) is 2.71. The molecule has 1 saturated heterocycles. The van der Waals surface area contributed by atoms with Crippen LogP contribution in [0.3, 0.4) is 0 Å². The Kier molecular flexibility index (Phi) is 4.78.